The molecule has 1 amide bonds. The zero-order chi connectivity index (χ0) is 17.7. The number of aryl methyl sites for hydroxylation is 1. The van der Waals surface area contributed by atoms with E-state index in [9.17, 15) is 18.0 Å². The van der Waals surface area contributed by atoms with E-state index in [-0.39, 0.29) is 18.4 Å². The van der Waals surface area contributed by atoms with E-state index in [1.54, 1.807) is 11.6 Å². The van der Waals surface area contributed by atoms with Gasteiger partial charge in [-0.1, -0.05) is 25.1 Å². The van der Waals surface area contributed by atoms with Crippen LogP contribution in [0, 0.1) is 0 Å². The summed E-state index contributed by atoms with van der Waals surface area (Å²) < 4.78 is 39.8. The van der Waals surface area contributed by atoms with E-state index in [0.29, 0.717) is 17.9 Å². The average molecular weight is 340 g/mol. The summed E-state index contributed by atoms with van der Waals surface area (Å²) in [5, 5.41) is 6.83. The van der Waals surface area contributed by atoms with Crippen LogP contribution in [-0.4, -0.2) is 20.7 Å². The first kappa shape index (κ1) is 18.0. The van der Waals surface area contributed by atoms with E-state index in [1.165, 1.54) is 18.5 Å². The lowest BCUT2D eigenvalue weighted by Gasteiger charge is -2.15. The number of carbonyl (C=O) groups is 1. The lowest BCUT2D eigenvalue weighted by atomic mass is 10.1. The van der Waals surface area contributed by atoms with Crippen LogP contribution in [0.5, 0.6) is 0 Å². The summed E-state index contributed by atoms with van der Waals surface area (Å²) in [6, 6.07) is 4.39. The smallest absolute Gasteiger partial charge is 0.346 e. The third-order valence-corrected chi connectivity index (χ3v) is 3.46. The van der Waals surface area contributed by atoms with E-state index in [0.717, 1.165) is 18.6 Å². The fourth-order valence-electron chi connectivity index (χ4n) is 2.39. The standard InChI is InChI=1S/C16H19F3N4O/c1-3-7-23-15(20-10-21-23)11(2)22-14(24)9-12-5-4-6-13(8-12)16(17,18)19/h4-6,8,10-11H,3,7,9H2,1-2H3,(H,22,24)/t11-/m1/s1. The highest BCUT2D eigenvalue weighted by molar-refractivity contribution is 5.78. The molecule has 24 heavy (non-hydrogen) atoms. The molecule has 1 heterocycles. The van der Waals surface area contributed by atoms with Crippen molar-refractivity contribution in [2.75, 3.05) is 0 Å². The van der Waals surface area contributed by atoms with Crippen LogP contribution in [0.1, 0.15) is 43.3 Å². The van der Waals surface area contributed by atoms with Crippen LogP contribution in [0.3, 0.4) is 0 Å². The molecule has 0 aliphatic carbocycles. The summed E-state index contributed by atoms with van der Waals surface area (Å²) in [6.45, 7) is 4.45. The zero-order valence-corrected chi connectivity index (χ0v) is 13.5. The summed E-state index contributed by atoms with van der Waals surface area (Å²) in [6.07, 6.45) is -2.26. The van der Waals surface area contributed by atoms with Crippen molar-refractivity contribution in [2.24, 2.45) is 0 Å². The summed E-state index contributed by atoms with van der Waals surface area (Å²) in [5.41, 5.74) is -0.451. The second-order valence-corrected chi connectivity index (χ2v) is 5.51. The molecule has 0 spiro atoms. The van der Waals surface area contributed by atoms with E-state index >= 15 is 0 Å². The molecular formula is C16H19F3N4O. The summed E-state index contributed by atoms with van der Waals surface area (Å²) in [5.74, 6) is 0.252. The Morgan fingerprint density at radius 2 is 2.12 bits per heavy atom. The monoisotopic (exact) mass is 340 g/mol. The third-order valence-electron chi connectivity index (χ3n) is 3.46. The Morgan fingerprint density at radius 1 is 1.38 bits per heavy atom. The number of hydrogen-bond donors (Lipinski definition) is 1. The molecule has 1 aromatic carbocycles. The van der Waals surface area contributed by atoms with Crippen molar-refractivity contribution in [2.45, 2.75) is 45.5 Å². The van der Waals surface area contributed by atoms with Gasteiger partial charge in [-0.3, -0.25) is 4.79 Å². The van der Waals surface area contributed by atoms with Crippen molar-refractivity contribution < 1.29 is 18.0 Å². The molecule has 0 saturated carbocycles. The van der Waals surface area contributed by atoms with Crippen molar-refractivity contribution in [1.29, 1.82) is 0 Å². The van der Waals surface area contributed by atoms with Crippen molar-refractivity contribution in [3.05, 3.63) is 47.5 Å². The molecule has 0 saturated heterocycles. The Labute approximate surface area is 137 Å². The fourth-order valence-corrected chi connectivity index (χ4v) is 2.39. The minimum absolute atomic E-state index is 0.129. The topological polar surface area (TPSA) is 59.8 Å². The van der Waals surface area contributed by atoms with E-state index < -0.39 is 11.7 Å². The number of hydrogen-bond acceptors (Lipinski definition) is 3. The van der Waals surface area contributed by atoms with Crippen LogP contribution >= 0.6 is 0 Å². The first-order valence-corrected chi connectivity index (χ1v) is 7.64. The zero-order valence-electron chi connectivity index (χ0n) is 13.5. The Bertz CT molecular complexity index is 697. The van der Waals surface area contributed by atoms with Gasteiger partial charge in [0.2, 0.25) is 5.91 Å². The quantitative estimate of drug-likeness (QED) is 0.879. The highest BCUT2D eigenvalue weighted by Crippen LogP contribution is 2.29. The highest BCUT2D eigenvalue weighted by Gasteiger charge is 2.30. The van der Waals surface area contributed by atoms with Crippen molar-refractivity contribution >= 4 is 5.91 Å². The maximum absolute atomic E-state index is 12.7. The van der Waals surface area contributed by atoms with E-state index in [2.05, 4.69) is 15.4 Å². The van der Waals surface area contributed by atoms with Gasteiger partial charge in [-0.2, -0.15) is 18.3 Å². The van der Waals surface area contributed by atoms with Gasteiger partial charge in [-0.15, -0.1) is 0 Å². The van der Waals surface area contributed by atoms with Crippen molar-refractivity contribution in [3.63, 3.8) is 0 Å². The number of nitrogens with zero attached hydrogens (tertiary/aromatic N) is 3. The Balaban J connectivity index is 2.01. The SMILES string of the molecule is CCCn1ncnc1[C@@H](C)NC(=O)Cc1cccc(C(F)(F)F)c1. The average Bonchev–Trinajstić information content (AvgIpc) is 2.95. The number of halogens is 3. The van der Waals surface area contributed by atoms with Crippen molar-refractivity contribution in [1.82, 2.24) is 20.1 Å². The molecule has 0 aliphatic heterocycles. The van der Waals surface area contributed by atoms with Gasteiger partial charge in [0.1, 0.15) is 12.2 Å². The number of carbonyl (C=O) groups excluding carboxylic acids is 1. The van der Waals surface area contributed by atoms with Crippen LogP contribution in [-0.2, 0) is 23.9 Å². The molecule has 1 atom stereocenters. The number of aromatic nitrogens is 3. The second-order valence-electron chi connectivity index (χ2n) is 5.51. The molecule has 2 aromatic rings. The third kappa shape index (κ3) is 4.56. The molecule has 130 valence electrons. The van der Waals surface area contributed by atoms with Gasteiger partial charge in [0.15, 0.2) is 0 Å². The molecule has 0 bridgehead atoms. The summed E-state index contributed by atoms with van der Waals surface area (Å²) in [7, 11) is 0. The lowest BCUT2D eigenvalue weighted by molar-refractivity contribution is -0.137. The van der Waals surface area contributed by atoms with E-state index in [1.807, 2.05) is 6.92 Å². The first-order valence-electron chi connectivity index (χ1n) is 7.64. The predicted octanol–water partition coefficient (Wildman–Crippen LogP) is 3.13. The Hall–Kier alpha value is -2.38. The number of benzene rings is 1. The Kier molecular flexibility index (Phi) is 5.58. The van der Waals surface area contributed by atoms with Crippen LogP contribution < -0.4 is 5.32 Å². The van der Waals surface area contributed by atoms with Gasteiger partial charge in [-0.25, -0.2) is 9.67 Å². The molecular weight excluding hydrogens is 321 g/mol. The molecule has 0 unspecified atom stereocenters. The molecule has 0 fully saturated rings. The molecule has 8 heteroatoms. The molecule has 1 aromatic heterocycles. The molecule has 5 nitrogen and oxygen atoms in total. The number of rotatable bonds is 6. The molecule has 0 aliphatic rings. The molecule has 0 radical (unpaired) electrons. The Morgan fingerprint density at radius 3 is 2.79 bits per heavy atom. The molecule has 1 N–H and O–H groups in total. The minimum atomic E-state index is -4.42. The largest absolute Gasteiger partial charge is 0.416 e. The second kappa shape index (κ2) is 7.46. The van der Waals surface area contributed by atoms with Crippen molar-refractivity contribution in [3.8, 4) is 0 Å². The summed E-state index contributed by atoms with van der Waals surface area (Å²) in [4.78, 5) is 16.2. The number of nitrogens with one attached hydrogen (secondary N) is 1. The van der Waals surface area contributed by atoms with Gasteiger partial charge in [0, 0.05) is 6.54 Å². The van der Waals surface area contributed by atoms with Gasteiger partial charge in [-0.05, 0) is 25.0 Å². The highest BCUT2D eigenvalue weighted by atomic mass is 19.4. The molecule has 2 rings (SSSR count). The fraction of sp³-hybridized carbons (Fsp3) is 0.438. The van der Waals surface area contributed by atoms with Gasteiger partial charge >= 0.3 is 6.18 Å². The predicted molar refractivity (Wildman–Crippen MR) is 82.0 cm³/mol. The number of alkyl halides is 3. The maximum Gasteiger partial charge on any atom is 0.416 e. The maximum atomic E-state index is 12.7. The van der Waals surface area contributed by atoms with Gasteiger partial charge in [0.05, 0.1) is 18.0 Å². The van der Waals surface area contributed by atoms with Crippen LogP contribution in [0.4, 0.5) is 13.2 Å². The van der Waals surface area contributed by atoms with Gasteiger partial charge in [0.25, 0.3) is 0 Å². The minimum Gasteiger partial charge on any atom is -0.346 e. The lowest BCUT2D eigenvalue weighted by Crippen LogP contribution is -2.30. The van der Waals surface area contributed by atoms with Crippen LogP contribution in [0.25, 0.3) is 0 Å². The normalized spacial score (nSPS) is 12.9. The van der Waals surface area contributed by atoms with Crippen LogP contribution in [0.15, 0.2) is 30.6 Å². The van der Waals surface area contributed by atoms with Crippen LogP contribution in [0.2, 0.25) is 0 Å². The number of amides is 1. The summed E-state index contributed by atoms with van der Waals surface area (Å²) >= 11 is 0. The van der Waals surface area contributed by atoms with Gasteiger partial charge < -0.3 is 5.32 Å². The first-order chi connectivity index (χ1) is 11.3. The van der Waals surface area contributed by atoms with E-state index in [4.69, 9.17) is 0 Å².